The summed E-state index contributed by atoms with van der Waals surface area (Å²) >= 11 is 0. The number of aliphatic carboxylic acids is 1. The van der Waals surface area contributed by atoms with Crippen molar-refractivity contribution in [3.63, 3.8) is 0 Å². The van der Waals surface area contributed by atoms with Crippen LogP contribution in [0.25, 0.3) is 0 Å². The second-order valence-corrected chi connectivity index (χ2v) is 2.64. The van der Waals surface area contributed by atoms with Gasteiger partial charge in [-0.1, -0.05) is 0 Å². The molecule has 0 spiro atoms. The molecule has 0 heterocycles. The fourth-order valence-electron chi connectivity index (χ4n) is 1.02. The van der Waals surface area contributed by atoms with Gasteiger partial charge in [-0.3, -0.25) is 4.79 Å². The van der Waals surface area contributed by atoms with Gasteiger partial charge in [0.1, 0.15) is 0 Å². The van der Waals surface area contributed by atoms with E-state index in [0.717, 1.165) is 0 Å². The second-order valence-electron chi connectivity index (χ2n) is 2.64. The first kappa shape index (κ1) is 8.67. The van der Waals surface area contributed by atoms with Crippen LogP contribution < -0.4 is 5.73 Å². The van der Waals surface area contributed by atoms with Crippen molar-refractivity contribution in [2.24, 2.45) is 5.73 Å². The Balaban J connectivity index is 3.03. The van der Waals surface area contributed by atoms with E-state index in [-0.39, 0.29) is 11.4 Å². The molecule has 1 rings (SSSR count). The van der Waals surface area contributed by atoms with Crippen molar-refractivity contribution in [1.82, 2.24) is 0 Å². The molecule has 0 aromatic heterocycles. The third-order valence-electron chi connectivity index (χ3n) is 1.67. The first-order valence-corrected chi connectivity index (χ1v) is 3.45. The fraction of sp³-hybridized carbons (Fsp3) is 0.250. The van der Waals surface area contributed by atoms with E-state index in [1.165, 1.54) is 12.2 Å². The van der Waals surface area contributed by atoms with Gasteiger partial charge in [-0.15, -0.1) is 0 Å². The summed E-state index contributed by atoms with van der Waals surface area (Å²) in [7, 11) is 0. The van der Waals surface area contributed by atoms with Crippen molar-refractivity contribution in [2.45, 2.75) is 13.0 Å². The van der Waals surface area contributed by atoms with Crippen LogP contribution in [-0.2, 0) is 9.59 Å². The van der Waals surface area contributed by atoms with Gasteiger partial charge >= 0.3 is 5.97 Å². The highest BCUT2D eigenvalue weighted by molar-refractivity contribution is 6.06. The van der Waals surface area contributed by atoms with Gasteiger partial charge in [0.25, 0.3) is 0 Å². The van der Waals surface area contributed by atoms with Gasteiger partial charge in [0.15, 0.2) is 5.78 Å². The second kappa shape index (κ2) is 2.91. The molecule has 3 N–H and O–H groups in total. The molecule has 1 atom stereocenters. The number of carboxylic acids is 1. The zero-order chi connectivity index (χ0) is 9.30. The molecule has 1 aliphatic rings. The molecule has 0 aromatic rings. The van der Waals surface area contributed by atoms with E-state index in [1.807, 2.05) is 0 Å². The normalized spacial score (nSPS) is 23.2. The Labute approximate surface area is 69.4 Å². The van der Waals surface area contributed by atoms with Gasteiger partial charge in [-0.25, -0.2) is 4.79 Å². The maximum atomic E-state index is 11.1. The Hall–Kier alpha value is -1.42. The average Bonchev–Trinajstić information content (AvgIpc) is 1.99. The molecular formula is C8H9NO3. The molecule has 12 heavy (non-hydrogen) atoms. The minimum Gasteiger partial charge on any atom is -0.478 e. The Morgan fingerprint density at radius 3 is 2.67 bits per heavy atom. The third-order valence-corrected chi connectivity index (χ3v) is 1.67. The summed E-state index contributed by atoms with van der Waals surface area (Å²) in [5.41, 5.74) is 5.84. The van der Waals surface area contributed by atoms with Gasteiger partial charge in [-0.05, 0) is 24.6 Å². The van der Waals surface area contributed by atoms with E-state index in [1.54, 1.807) is 6.92 Å². The highest BCUT2D eigenvalue weighted by Crippen LogP contribution is 2.12. The van der Waals surface area contributed by atoms with Gasteiger partial charge in [0, 0.05) is 0 Å². The van der Waals surface area contributed by atoms with Crippen LogP contribution in [-0.4, -0.2) is 22.9 Å². The third kappa shape index (κ3) is 1.43. The number of hydrogen-bond donors (Lipinski definition) is 2. The van der Waals surface area contributed by atoms with Gasteiger partial charge in [-0.2, -0.15) is 0 Å². The smallest absolute Gasteiger partial charge is 0.335 e. The van der Waals surface area contributed by atoms with Gasteiger partial charge in [0.2, 0.25) is 0 Å². The molecule has 0 aromatic carbocycles. The fourth-order valence-corrected chi connectivity index (χ4v) is 1.02. The summed E-state index contributed by atoms with van der Waals surface area (Å²) in [6, 6.07) is -0.805. The Kier molecular flexibility index (Phi) is 2.10. The standard InChI is InChI=1S/C8H9NO3/c1-4-2-5(8(11)12)3-6(9)7(4)10/h2-3,6H,9H2,1H3,(H,11,12). The summed E-state index contributed by atoms with van der Waals surface area (Å²) in [5.74, 6) is -1.28. The number of ketones is 1. The summed E-state index contributed by atoms with van der Waals surface area (Å²) in [6.07, 6.45) is 2.58. The SMILES string of the molecule is CC1=CC(C(=O)O)=CC(N)C1=O. The molecule has 0 aliphatic heterocycles. The van der Waals surface area contributed by atoms with Gasteiger partial charge < -0.3 is 10.8 Å². The van der Waals surface area contributed by atoms with Crippen LogP contribution in [0.5, 0.6) is 0 Å². The number of nitrogens with two attached hydrogens (primary N) is 1. The molecular weight excluding hydrogens is 158 g/mol. The van der Waals surface area contributed by atoms with Crippen LogP contribution >= 0.6 is 0 Å². The zero-order valence-corrected chi connectivity index (χ0v) is 6.57. The summed E-state index contributed by atoms with van der Waals surface area (Å²) in [6.45, 7) is 1.55. The van der Waals surface area contributed by atoms with E-state index in [2.05, 4.69) is 0 Å². The first-order valence-electron chi connectivity index (χ1n) is 3.45. The quantitative estimate of drug-likeness (QED) is 0.569. The monoisotopic (exact) mass is 167 g/mol. The van der Waals surface area contributed by atoms with Crippen molar-refractivity contribution >= 4 is 11.8 Å². The highest BCUT2D eigenvalue weighted by atomic mass is 16.4. The lowest BCUT2D eigenvalue weighted by atomic mass is 9.96. The zero-order valence-electron chi connectivity index (χ0n) is 6.57. The topological polar surface area (TPSA) is 80.4 Å². The van der Waals surface area contributed by atoms with E-state index in [9.17, 15) is 9.59 Å². The summed E-state index contributed by atoms with van der Waals surface area (Å²) in [4.78, 5) is 21.5. The van der Waals surface area contributed by atoms with E-state index >= 15 is 0 Å². The number of hydrogen-bond acceptors (Lipinski definition) is 3. The van der Waals surface area contributed by atoms with Crippen molar-refractivity contribution in [2.75, 3.05) is 0 Å². The average molecular weight is 167 g/mol. The van der Waals surface area contributed by atoms with Crippen LogP contribution in [0.1, 0.15) is 6.92 Å². The van der Waals surface area contributed by atoms with Crippen LogP contribution in [0.3, 0.4) is 0 Å². The molecule has 0 amide bonds. The number of carboxylic acid groups (broad SMARTS) is 1. The van der Waals surface area contributed by atoms with Crippen LogP contribution in [0.2, 0.25) is 0 Å². The minimum absolute atomic E-state index is 0.0830. The molecule has 0 saturated carbocycles. The molecule has 64 valence electrons. The molecule has 0 radical (unpaired) electrons. The predicted molar refractivity (Wildman–Crippen MR) is 42.5 cm³/mol. The van der Waals surface area contributed by atoms with Crippen molar-refractivity contribution in [3.05, 3.63) is 23.3 Å². The Bertz CT molecular complexity index is 301. The molecule has 4 nitrogen and oxygen atoms in total. The summed E-state index contributed by atoms with van der Waals surface area (Å²) < 4.78 is 0. The lowest BCUT2D eigenvalue weighted by Gasteiger charge is -2.12. The van der Waals surface area contributed by atoms with E-state index < -0.39 is 12.0 Å². The van der Waals surface area contributed by atoms with Crippen molar-refractivity contribution in [3.8, 4) is 0 Å². The number of carbonyl (C=O) groups excluding carboxylic acids is 1. The van der Waals surface area contributed by atoms with Crippen molar-refractivity contribution in [1.29, 1.82) is 0 Å². The Morgan fingerprint density at radius 2 is 2.25 bits per heavy atom. The molecule has 0 fully saturated rings. The van der Waals surface area contributed by atoms with Crippen LogP contribution in [0.4, 0.5) is 0 Å². The maximum Gasteiger partial charge on any atom is 0.335 e. The lowest BCUT2D eigenvalue weighted by molar-refractivity contribution is -0.132. The maximum absolute atomic E-state index is 11.1. The van der Waals surface area contributed by atoms with E-state index in [0.29, 0.717) is 5.57 Å². The highest BCUT2D eigenvalue weighted by Gasteiger charge is 2.20. The van der Waals surface area contributed by atoms with Crippen LogP contribution in [0.15, 0.2) is 23.3 Å². The van der Waals surface area contributed by atoms with Crippen LogP contribution in [0, 0.1) is 0 Å². The number of Topliss-reactive ketones (excluding diaryl/α,β-unsaturated/α-hetero) is 1. The van der Waals surface area contributed by atoms with E-state index in [4.69, 9.17) is 10.8 Å². The van der Waals surface area contributed by atoms with Gasteiger partial charge in [0.05, 0.1) is 11.6 Å². The minimum atomic E-state index is -1.06. The molecule has 4 heteroatoms. The van der Waals surface area contributed by atoms with Crippen molar-refractivity contribution < 1.29 is 14.7 Å². The number of rotatable bonds is 1. The molecule has 0 saturated heterocycles. The molecule has 1 unspecified atom stereocenters. The predicted octanol–water partition coefficient (Wildman–Crippen LogP) is -0.146. The molecule has 0 bridgehead atoms. The number of carbonyl (C=O) groups is 2. The largest absolute Gasteiger partial charge is 0.478 e. The summed E-state index contributed by atoms with van der Waals surface area (Å²) in [5, 5.41) is 8.58. The Morgan fingerprint density at radius 1 is 1.67 bits per heavy atom. The molecule has 1 aliphatic carbocycles. The first-order chi connectivity index (χ1) is 5.52. The lowest BCUT2D eigenvalue weighted by Crippen LogP contribution is -2.32.